The molecule has 5 N–H and O–H groups in total. The number of primary amides is 1. The minimum absolute atomic E-state index is 0.251. The van der Waals surface area contributed by atoms with Crippen LogP contribution in [0.5, 0.6) is 5.75 Å². The Morgan fingerprint density at radius 2 is 2.00 bits per heavy atom. The van der Waals surface area contributed by atoms with Crippen molar-refractivity contribution in [2.24, 2.45) is 10.8 Å². The van der Waals surface area contributed by atoms with Gasteiger partial charge in [0.15, 0.2) is 0 Å². The second-order valence-electron chi connectivity index (χ2n) is 5.68. The molecule has 1 atom stereocenters. The normalized spacial score (nSPS) is 15.7. The first-order valence-corrected chi connectivity index (χ1v) is 8.08. The van der Waals surface area contributed by atoms with Crippen LogP contribution in [0.2, 0.25) is 0 Å². The van der Waals surface area contributed by atoms with Crippen LogP contribution in [0.3, 0.4) is 0 Å². The van der Waals surface area contributed by atoms with Crippen LogP contribution in [0.1, 0.15) is 5.56 Å². The molecule has 2 aromatic carbocycles. The van der Waals surface area contributed by atoms with Gasteiger partial charge in [0.25, 0.3) is 5.91 Å². The molecule has 134 valence electrons. The highest BCUT2D eigenvalue weighted by Gasteiger charge is 2.24. The Bertz CT molecular complexity index is 823. The quantitative estimate of drug-likeness (QED) is 0.622. The van der Waals surface area contributed by atoms with Crippen LogP contribution in [0.15, 0.2) is 59.7 Å². The zero-order valence-corrected chi connectivity index (χ0v) is 13.9. The van der Waals surface area contributed by atoms with E-state index in [0.29, 0.717) is 24.5 Å². The zero-order chi connectivity index (χ0) is 18.4. The van der Waals surface area contributed by atoms with Gasteiger partial charge in [-0.1, -0.05) is 30.3 Å². The molecule has 1 aliphatic rings. The van der Waals surface area contributed by atoms with Crippen molar-refractivity contribution in [3.8, 4) is 5.75 Å². The second kappa shape index (κ2) is 8.13. The SMILES string of the molecule is NC(=O)C1=NNCC1NCc1cccc(OC(=O)Nc2ccccc2)c1. The number of para-hydroxylation sites is 1. The van der Waals surface area contributed by atoms with Gasteiger partial charge in [-0.3, -0.25) is 10.1 Å². The molecule has 0 fully saturated rings. The summed E-state index contributed by atoms with van der Waals surface area (Å²) in [6.45, 7) is 0.962. The molecule has 8 nitrogen and oxygen atoms in total. The summed E-state index contributed by atoms with van der Waals surface area (Å²) in [7, 11) is 0. The first-order valence-electron chi connectivity index (χ1n) is 8.08. The monoisotopic (exact) mass is 353 g/mol. The Morgan fingerprint density at radius 1 is 1.19 bits per heavy atom. The standard InChI is InChI=1S/C18H19N5O3/c19-17(24)16-15(11-21-23-16)20-10-12-5-4-8-14(9-12)26-18(25)22-13-6-2-1-3-7-13/h1-9,15,20-21H,10-11H2,(H2,19,24)(H,22,25). The summed E-state index contributed by atoms with van der Waals surface area (Å²) in [5, 5.41) is 9.73. The second-order valence-corrected chi connectivity index (χ2v) is 5.68. The predicted molar refractivity (Wildman–Crippen MR) is 97.8 cm³/mol. The fourth-order valence-electron chi connectivity index (χ4n) is 2.52. The van der Waals surface area contributed by atoms with Crippen molar-refractivity contribution in [1.29, 1.82) is 0 Å². The van der Waals surface area contributed by atoms with Crippen molar-refractivity contribution >= 4 is 23.4 Å². The lowest BCUT2D eigenvalue weighted by molar-refractivity contribution is -0.112. The first kappa shape index (κ1) is 17.4. The van der Waals surface area contributed by atoms with Gasteiger partial charge in [0.05, 0.1) is 12.6 Å². The summed E-state index contributed by atoms with van der Waals surface area (Å²) >= 11 is 0. The zero-order valence-electron chi connectivity index (χ0n) is 13.9. The summed E-state index contributed by atoms with van der Waals surface area (Å²) in [4.78, 5) is 23.2. The van der Waals surface area contributed by atoms with Crippen molar-refractivity contribution in [2.75, 3.05) is 11.9 Å². The van der Waals surface area contributed by atoms with Crippen LogP contribution in [-0.4, -0.2) is 30.3 Å². The van der Waals surface area contributed by atoms with Crippen molar-refractivity contribution in [2.45, 2.75) is 12.6 Å². The van der Waals surface area contributed by atoms with Gasteiger partial charge in [0.1, 0.15) is 11.5 Å². The predicted octanol–water partition coefficient (Wildman–Crippen LogP) is 1.20. The molecule has 1 aliphatic heterocycles. The Hall–Kier alpha value is -3.39. The lowest BCUT2D eigenvalue weighted by atomic mass is 10.1. The molecule has 0 aliphatic carbocycles. The van der Waals surface area contributed by atoms with Crippen molar-refractivity contribution < 1.29 is 14.3 Å². The lowest BCUT2D eigenvalue weighted by Crippen LogP contribution is -2.43. The van der Waals surface area contributed by atoms with Gasteiger partial charge in [0, 0.05) is 12.2 Å². The van der Waals surface area contributed by atoms with E-state index < -0.39 is 12.0 Å². The number of benzene rings is 2. The van der Waals surface area contributed by atoms with E-state index in [-0.39, 0.29) is 11.8 Å². The first-order chi connectivity index (χ1) is 12.6. The third kappa shape index (κ3) is 4.58. The molecule has 0 saturated carbocycles. The number of nitrogens with zero attached hydrogens (tertiary/aromatic N) is 1. The Morgan fingerprint density at radius 3 is 2.77 bits per heavy atom. The molecule has 2 aromatic rings. The number of rotatable bonds is 6. The smallest absolute Gasteiger partial charge is 0.410 e. The fourth-order valence-corrected chi connectivity index (χ4v) is 2.52. The molecule has 2 amide bonds. The summed E-state index contributed by atoms with van der Waals surface area (Å²) in [6, 6.07) is 15.9. The maximum absolute atomic E-state index is 12.0. The van der Waals surface area contributed by atoms with Crippen molar-refractivity contribution in [3.63, 3.8) is 0 Å². The number of hydrazone groups is 1. The number of anilines is 1. The summed E-state index contributed by atoms with van der Waals surface area (Å²) < 4.78 is 5.30. The molecule has 1 heterocycles. The van der Waals surface area contributed by atoms with E-state index in [1.807, 2.05) is 24.3 Å². The molecular formula is C18H19N5O3. The van der Waals surface area contributed by atoms with E-state index in [1.54, 1.807) is 30.3 Å². The highest BCUT2D eigenvalue weighted by atomic mass is 16.6. The van der Waals surface area contributed by atoms with E-state index in [9.17, 15) is 9.59 Å². The van der Waals surface area contributed by atoms with Crippen LogP contribution >= 0.6 is 0 Å². The Kier molecular flexibility index (Phi) is 5.45. The van der Waals surface area contributed by atoms with Crippen LogP contribution in [0.4, 0.5) is 10.5 Å². The van der Waals surface area contributed by atoms with E-state index in [2.05, 4.69) is 21.2 Å². The van der Waals surface area contributed by atoms with Gasteiger partial charge in [-0.25, -0.2) is 4.79 Å². The molecule has 1 unspecified atom stereocenters. The Labute approximate surface area is 150 Å². The number of carbonyl (C=O) groups is 2. The average Bonchev–Trinajstić information content (AvgIpc) is 3.10. The van der Waals surface area contributed by atoms with Gasteiger partial charge >= 0.3 is 6.09 Å². The fraction of sp³-hybridized carbons (Fsp3) is 0.167. The van der Waals surface area contributed by atoms with Crippen LogP contribution < -0.4 is 26.5 Å². The number of hydrogen-bond acceptors (Lipinski definition) is 6. The molecule has 26 heavy (non-hydrogen) atoms. The molecule has 3 rings (SSSR count). The molecular weight excluding hydrogens is 334 g/mol. The summed E-state index contributed by atoms with van der Waals surface area (Å²) in [5.74, 6) is -0.131. The lowest BCUT2D eigenvalue weighted by Gasteiger charge is -2.13. The third-order valence-corrected chi connectivity index (χ3v) is 3.76. The number of ether oxygens (including phenoxy) is 1. The van der Waals surface area contributed by atoms with E-state index in [0.717, 1.165) is 5.56 Å². The molecule has 0 saturated heterocycles. The van der Waals surface area contributed by atoms with Crippen LogP contribution in [0.25, 0.3) is 0 Å². The molecule has 0 radical (unpaired) electrons. The average molecular weight is 353 g/mol. The maximum Gasteiger partial charge on any atom is 0.417 e. The molecule has 8 heteroatoms. The Balaban J connectivity index is 1.55. The topological polar surface area (TPSA) is 118 Å². The van der Waals surface area contributed by atoms with Crippen LogP contribution in [-0.2, 0) is 11.3 Å². The minimum Gasteiger partial charge on any atom is -0.410 e. The molecule has 0 spiro atoms. The minimum atomic E-state index is -0.565. The largest absolute Gasteiger partial charge is 0.417 e. The number of nitrogens with one attached hydrogen (secondary N) is 3. The van der Waals surface area contributed by atoms with Crippen LogP contribution in [0, 0.1) is 0 Å². The highest BCUT2D eigenvalue weighted by molar-refractivity contribution is 6.40. The molecule has 0 bridgehead atoms. The highest BCUT2D eigenvalue weighted by Crippen LogP contribution is 2.15. The number of amides is 2. The summed E-state index contributed by atoms with van der Waals surface area (Å²) in [6.07, 6.45) is -0.565. The summed E-state index contributed by atoms with van der Waals surface area (Å²) in [5.41, 5.74) is 9.86. The number of nitrogens with two attached hydrogens (primary N) is 1. The van der Waals surface area contributed by atoms with E-state index in [1.165, 1.54) is 0 Å². The van der Waals surface area contributed by atoms with Crippen molar-refractivity contribution in [3.05, 3.63) is 60.2 Å². The van der Waals surface area contributed by atoms with Gasteiger partial charge in [-0.2, -0.15) is 5.10 Å². The van der Waals surface area contributed by atoms with E-state index >= 15 is 0 Å². The third-order valence-electron chi connectivity index (χ3n) is 3.76. The van der Waals surface area contributed by atoms with Gasteiger partial charge < -0.3 is 21.2 Å². The molecule has 0 aromatic heterocycles. The van der Waals surface area contributed by atoms with Gasteiger partial charge in [0.2, 0.25) is 0 Å². The van der Waals surface area contributed by atoms with Gasteiger partial charge in [-0.15, -0.1) is 0 Å². The number of carbonyl (C=O) groups excluding carboxylic acids is 2. The van der Waals surface area contributed by atoms with Crippen molar-refractivity contribution in [1.82, 2.24) is 10.7 Å². The maximum atomic E-state index is 12.0. The number of hydrogen-bond donors (Lipinski definition) is 4. The van der Waals surface area contributed by atoms with E-state index in [4.69, 9.17) is 10.5 Å². The van der Waals surface area contributed by atoms with Gasteiger partial charge in [-0.05, 0) is 29.8 Å².